The number of piperazine rings is 1. The van der Waals surface area contributed by atoms with E-state index in [2.05, 4.69) is 5.32 Å². The molecule has 1 heterocycles. The number of alkyl halides is 1. The average molecular weight is 244 g/mol. The molecule has 0 aromatic heterocycles. The predicted octanol–water partition coefficient (Wildman–Crippen LogP) is 1.25. The van der Waals surface area contributed by atoms with Gasteiger partial charge in [-0.3, -0.25) is 14.0 Å². The fraction of sp³-hybridized carbons (Fsp3) is 0.833. The Kier molecular flexibility index (Phi) is 5.38. The van der Waals surface area contributed by atoms with Gasteiger partial charge in [0.1, 0.15) is 12.1 Å². The van der Waals surface area contributed by atoms with Crippen LogP contribution in [0.5, 0.6) is 0 Å². The average Bonchev–Trinajstić information content (AvgIpc) is 2.33. The van der Waals surface area contributed by atoms with Crippen molar-refractivity contribution < 1.29 is 14.0 Å². The van der Waals surface area contributed by atoms with Crippen LogP contribution in [-0.4, -0.2) is 42.0 Å². The minimum absolute atomic E-state index is 0.0704. The van der Waals surface area contributed by atoms with E-state index in [0.717, 1.165) is 6.42 Å². The Morgan fingerprint density at radius 2 is 2.06 bits per heavy atom. The van der Waals surface area contributed by atoms with E-state index in [0.29, 0.717) is 25.8 Å². The fourth-order valence-corrected chi connectivity index (χ4v) is 2.16. The van der Waals surface area contributed by atoms with E-state index in [1.807, 2.05) is 13.8 Å². The van der Waals surface area contributed by atoms with Crippen molar-refractivity contribution >= 4 is 11.8 Å². The van der Waals surface area contributed by atoms with Crippen molar-refractivity contribution in [2.45, 2.75) is 51.6 Å². The van der Waals surface area contributed by atoms with Gasteiger partial charge in [0.2, 0.25) is 11.8 Å². The Morgan fingerprint density at radius 1 is 1.35 bits per heavy atom. The molecule has 2 atom stereocenters. The van der Waals surface area contributed by atoms with Gasteiger partial charge in [0.15, 0.2) is 0 Å². The largest absolute Gasteiger partial charge is 0.343 e. The quantitative estimate of drug-likeness (QED) is 0.764. The van der Waals surface area contributed by atoms with Gasteiger partial charge in [-0.25, -0.2) is 0 Å². The van der Waals surface area contributed by atoms with Gasteiger partial charge in [0.25, 0.3) is 0 Å². The van der Waals surface area contributed by atoms with E-state index in [4.69, 9.17) is 0 Å². The van der Waals surface area contributed by atoms with E-state index < -0.39 is 18.8 Å². The van der Waals surface area contributed by atoms with Crippen LogP contribution in [0.3, 0.4) is 0 Å². The molecule has 1 aliphatic rings. The summed E-state index contributed by atoms with van der Waals surface area (Å²) in [6.45, 7) is 3.71. The van der Waals surface area contributed by atoms with Gasteiger partial charge >= 0.3 is 0 Å². The van der Waals surface area contributed by atoms with Crippen LogP contribution < -0.4 is 5.32 Å². The fourth-order valence-electron chi connectivity index (χ4n) is 2.16. The number of hydrogen-bond donors (Lipinski definition) is 1. The number of halogens is 1. The maximum Gasteiger partial charge on any atom is 0.245 e. The Hall–Kier alpha value is -1.13. The molecule has 5 heteroatoms. The first kappa shape index (κ1) is 13.9. The summed E-state index contributed by atoms with van der Waals surface area (Å²) in [5.74, 6) is -0.170. The van der Waals surface area contributed by atoms with Crippen LogP contribution in [0.25, 0.3) is 0 Å². The molecule has 0 aromatic carbocycles. The van der Waals surface area contributed by atoms with Crippen LogP contribution >= 0.6 is 0 Å². The summed E-state index contributed by atoms with van der Waals surface area (Å²) in [4.78, 5) is 25.5. The third-order valence-corrected chi connectivity index (χ3v) is 3.08. The maximum atomic E-state index is 12.2. The molecular formula is C12H21FN2O2. The second kappa shape index (κ2) is 6.57. The van der Waals surface area contributed by atoms with E-state index in [1.165, 1.54) is 0 Å². The highest BCUT2D eigenvalue weighted by Crippen LogP contribution is 2.16. The molecule has 4 nitrogen and oxygen atoms in total. The minimum Gasteiger partial charge on any atom is -0.343 e. The molecule has 2 amide bonds. The molecule has 17 heavy (non-hydrogen) atoms. The number of carbonyl (C=O) groups is 2. The molecular weight excluding hydrogens is 223 g/mol. The molecule has 0 aromatic rings. The highest BCUT2D eigenvalue weighted by atomic mass is 19.1. The standard InChI is InChI=1S/C12H21FN2O2/c1-3-6-10-11(16)14-9(4-2)12(17)15(10)8-5-7-13/h9-10H,3-8H2,1-2H3,(H,14,16). The third-order valence-electron chi connectivity index (χ3n) is 3.08. The van der Waals surface area contributed by atoms with Crippen LogP contribution in [0.15, 0.2) is 0 Å². The number of nitrogens with one attached hydrogen (secondary N) is 1. The highest BCUT2D eigenvalue weighted by Gasteiger charge is 2.38. The minimum atomic E-state index is -0.457. The van der Waals surface area contributed by atoms with Crippen molar-refractivity contribution in [2.24, 2.45) is 0 Å². The monoisotopic (exact) mass is 244 g/mol. The summed E-state index contributed by atoms with van der Waals surface area (Å²) in [5.41, 5.74) is 0. The summed E-state index contributed by atoms with van der Waals surface area (Å²) in [6, 6.07) is -0.850. The van der Waals surface area contributed by atoms with Crippen molar-refractivity contribution in [1.82, 2.24) is 10.2 Å². The zero-order valence-corrected chi connectivity index (χ0v) is 10.5. The van der Waals surface area contributed by atoms with Crippen LogP contribution in [-0.2, 0) is 9.59 Å². The van der Waals surface area contributed by atoms with Crippen molar-refractivity contribution in [3.63, 3.8) is 0 Å². The molecule has 0 saturated carbocycles. The zero-order valence-electron chi connectivity index (χ0n) is 10.5. The molecule has 0 radical (unpaired) electrons. The van der Waals surface area contributed by atoms with Crippen LogP contribution in [0.1, 0.15) is 39.5 Å². The molecule has 0 aliphatic carbocycles. The Bertz CT molecular complexity index is 284. The first-order valence-electron chi connectivity index (χ1n) is 6.32. The smallest absolute Gasteiger partial charge is 0.245 e. The van der Waals surface area contributed by atoms with Crippen LogP contribution in [0, 0.1) is 0 Å². The highest BCUT2D eigenvalue weighted by molar-refractivity contribution is 5.96. The Balaban J connectivity index is 2.79. The lowest BCUT2D eigenvalue weighted by molar-refractivity contribution is -0.149. The van der Waals surface area contributed by atoms with Crippen molar-refractivity contribution in [3.8, 4) is 0 Å². The molecule has 1 fully saturated rings. The first-order chi connectivity index (χ1) is 8.15. The van der Waals surface area contributed by atoms with Gasteiger partial charge in [-0.1, -0.05) is 20.3 Å². The Labute approximate surface area is 102 Å². The molecule has 2 unspecified atom stereocenters. The van der Waals surface area contributed by atoms with Gasteiger partial charge in [-0.05, 0) is 19.3 Å². The topological polar surface area (TPSA) is 49.4 Å². The first-order valence-corrected chi connectivity index (χ1v) is 6.32. The number of nitrogens with zero attached hydrogens (tertiary/aromatic N) is 1. The van der Waals surface area contributed by atoms with E-state index >= 15 is 0 Å². The lowest BCUT2D eigenvalue weighted by atomic mass is 10.0. The molecule has 0 bridgehead atoms. The van der Waals surface area contributed by atoms with E-state index in [1.54, 1.807) is 4.90 Å². The number of carbonyl (C=O) groups excluding carboxylic acids is 2. The third kappa shape index (κ3) is 3.17. The lowest BCUT2D eigenvalue weighted by Crippen LogP contribution is -2.63. The normalized spacial score (nSPS) is 25.0. The van der Waals surface area contributed by atoms with E-state index in [-0.39, 0.29) is 11.8 Å². The van der Waals surface area contributed by atoms with Gasteiger partial charge in [0, 0.05) is 6.54 Å². The molecule has 1 aliphatic heterocycles. The van der Waals surface area contributed by atoms with Crippen molar-refractivity contribution in [3.05, 3.63) is 0 Å². The van der Waals surface area contributed by atoms with Crippen LogP contribution in [0.2, 0.25) is 0 Å². The number of amides is 2. The molecule has 1 saturated heterocycles. The van der Waals surface area contributed by atoms with Gasteiger partial charge in [-0.2, -0.15) is 0 Å². The van der Waals surface area contributed by atoms with Gasteiger partial charge in [0.05, 0.1) is 6.67 Å². The van der Waals surface area contributed by atoms with Crippen molar-refractivity contribution in [1.29, 1.82) is 0 Å². The lowest BCUT2D eigenvalue weighted by Gasteiger charge is -2.38. The molecule has 98 valence electrons. The van der Waals surface area contributed by atoms with E-state index in [9.17, 15) is 14.0 Å². The summed E-state index contributed by atoms with van der Waals surface area (Å²) in [5, 5.41) is 2.73. The number of rotatable bonds is 6. The zero-order chi connectivity index (χ0) is 12.8. The second-order valence-corrected chi connectivity index (χ2v) is 4.35. The maximum absolute atomic E-state index is 12.2. The Morgan fingerprint density at radius 3 is 2.59 bits per heavy atom. The second-order valence-electron chi connectivity index (χ2n) is 4.35. The van der Waals surface area contributed by atoms with Gasteiger partial charge in [-0.15, -0.1) is 0 Å². The summed E-state index contributed by atoms with van der Waals surface area (Å²) < 4.78 is 12.2. The summed E-state index contributed by atoms with van der Waals surface area (Å²) in [6.07, 6.45) is 2.35. The molecule has 0 spiro atoms. The van der Waals surface area contributed by atoms with Gasteiger partial charge < -0.3 is 10.2 Å². The van der Waals surface area contributed by atoms with Crippen molar-refractivity contribution in [2.75, 3.05) is 13.2 Å². The summed E-state index contributed by atoms with van der Waals surface area (Å²) in [7, 11) is 0. The molecule has 1 rings (SSSR count). The predicted molar refractivity (Wildman–Crippen MR) is 63.2 cm³/mol. The molecule has 1 N–H and O–H groups in total. The number of hydrogen-bond acceptors (Lipinski definition) is 2. The summed E-state index contributed by atoms with van der Waals surface area (Å²) >= 11 is 0. The SMILES string of the molecule is CCCC1C(=O)NC(CC)C(=O)N1CCCF. The van der Waals surface area contributed by atoms with Crippen LogP contribution in [0.4, 0.5) is 4.39 Å².